The Morgan fingerprint density at radius 3 is 2.56 bits per heavy atom. The highest BCUT2D eigenvalue weighted by molar-refractivity contribution is 7.92. The van der Waals surface area contributed by atoms with Gasteiger partial charge in [-0.1, -0.05) is 0 Å². The van der Waals surface area contributed by atoms with Crippen LogP contribution >= 0.6 is 0 Å². The van der Waals surface area contributed by atoms with Crippen molar-refractivity contribution in [3.05, 3.63) is 53.3 Å². The van der Waals surface area contributed by atoms with Crippen LogP contribution < -0.4 is 15.4 Å². The van der Waals surface area contributed by atoms with E-state index in [1.165, 1.54) is 35.6 Å². The molecular formula is C22H24FN3O5S. The minimum Gasteiger partial charge on any atom is -0.455 e. The standard InChI is InChI=1S/C22H24FN3O5S/c1-12-16-8-17-19(9-18(16)26(32(3,28)29)11-15(10-24)30-12)31-21(20(17)22(27)25-2)13-4-6-14(23)7-5-13/h4-9,12,15H,10-11,24H2,1-3H3,(H,25,27). The highest BCUT2D eigenvalue weighted by atomic mass is 32.2. The summed E-state index contributed by atoms with van der Waals surface area (Å²) in [5.74, 6) is -0.536. The van der Waals surface area contributed by atoms with E-state index >= 15 is 0 Å². The predicted molar refractivity (Wildman–Crippen MR) is 120 cm³/mol. The first kappa shape index (κ1) is 22.3. The van der Waals surface area contributed by atoms with Crippen LogP contribution in [0.5, 0.6) is 0 Å². The molecule has 3 aromatic rings. The number of furan rings is 1. The maximum atomic E-state index is 13.4. The van der Waals surface area contributed by atoms with Crippen molar-refractivity contribution in [2.75, 3.05) is 30.7 Å². The van der Waals surface area contributed by atoms with Gasteiger partial charge in [-0.15, -0.1) is 0 Å². The van der Waals surface area contributed by atoms with Gasteiger partial charge in [-0.2, -0.15) is 0 Å². The number of carbonyl (C=O) groups excluding carboxylic acids is 1. The molecule has 0 saturated heterocycles. The number of benzene rings is 2. The second-order valence-electron chi connectivity index (χ2n) is 7.73. The lowest BCUT2D eigenvalue weighted by Crippen LogP contribution is -2.39. The van der Waals surface area contributed by atoms with Gasteiger partial charge in [0.25, 0.3) is 5.91 Å². The molecule has 2 heterocycles. The Morgan fingerprint density at radius 1 is 1.28 bits per heavy atom. The molecular weight excluding hydrogens is 437 g/mol. The van der Waals surface area contributed by atoms with Gasteiger partial charge in [0.2, 0.25) is 10.0 Å². The lowest BCUT2D eigenvalue weighted by Gasteiger charge is -2.24. The van der Waals surface area contributed by atoms with E-state index in [0.29, 0.717) is 27.8 Å². The van der Waals surface area contributed by atoms with Crippen molar-refractivity contribution >= 4 is 32.6 Å². The molecule has 0 saturated carbocycles. The SMILES string of the molecule is CNC(=O)c1c(-c2ccc(F)cc2)oc2cc3c(cc12)C(C)OC(CN)CN3S(C)(=O)=O. The van der Waals surface area contributed by atoms with E-state index in [-0.39, 0.29) is 30.3 Å². The maximum absolute atomic E-state index is 13.4. The smallest absolute Gasteiger partial charge is 0.255 e. The molecule has 32 heavy (non-hydrogen) atoms. The number of rotatable bonds is 4. The Balaban J connectivity index is 2.01. The second-order valence-corrected chi connectivity index (χ2v) is 9.64. The van der Waals surface area contributed by atoms with Crippen LogP contribution in [0.15, 0.2) is 40.8 Å². The zero-order valence-electron chi connectivity index (χ0n) is 17.9. The van der Waals surface area contributed by atoms with Crippen LogP contribution in [0.3, 0.4) is 0 Å². The fraction of sp³-hybridized carbons (Fsp3) is 0.318. The van der Waals surface area contributed by atoms with Crippen molar-refractivity contribution in [1.82, 2.24) is 5.32 Å². The first-order valence-corrected chi connectivity index (χ1v) is 11.9. The molecule has 10 heteroatoms. The molecule has 2 unspecified atom stereocenters. The van der Waals surface area contributed by atoms with E-state index < -0.39 is 28.0 Å². The Morgan fingerprint density at radius 2 is 1.97 bits per heavy atom. The highest BCUT2D eigenvalue weighted by Gasteiger charge is 2.33. The largest absolute Gasteiger partial charge is 0.455 e. The zero-order valence-corrected chi connectivity index (χ0v) is 18.7. The molecule has 1 aliphatic rings. The summed E-state index contributed by atoms with van der Waals surface area (Å²) in [5.41, 5.74) is 7.91. The fourth-order valence-corrected chi connectivity index (χ4v) is 4.93. The molecule has 1 aliphatic heterocycles. The number of nitrogens with zero attached hydrogens (tertiary/aromatic N) is 1. The summed E-state index contributed by atoms with van der Waals surface area (Å²) < 4.78 is 51.9. The monoisotopic (exact) mass is 461 g/mol. The lowest BCUT2D eigenvalue weighted by atomic mass is 10.0. The fourth-order valence-electron chi connectivity index (χ4n) is 3.98. The first-order chi connectivity index (χ1) is 15.1. The van der Waals surface area contributed by atoms with Crippen molar-refractivity contribution in [1.29, 1.82) is 0 Å². The van der Waals surface area contributed by atoms with E-state index in [4.69, 9.17) is 14.9 Å². The van der Waals surface area contributed by atoms with Gasteiger partial charge in [0.15, 0.2) is 0 Å². The number of nitrogens with two attached hydrogens (primary N) is 1. The van der Waals surface area contributed by atoms with Gasteiger partial charge in [-0.05, 0) is 37.3 Å². The van der Waals surface area contributed by atoms with Crippen LogP contribution in [0.1, 0.15) is 28.9 Å². The number of hydrogen-bond donors (Lipinski definition) is 2. The average Bonchev–Trinajstić information content (AvgIpc) is 3.05. The Labute approximate surface area is 185 Å². The van der Waals surface area contributed by atoms with Gasteiger partial charge in [-0.25, -0.2) is 12.8 Å². The van der Waals surface area contributed by atoms with Crippen molar-refractivity contribution in [2.45, 2.75) is 19.1 Å². The molecule has 3 N–H and O–H groups in total. The van der Waals surface area contributed by atoms with E-state index in [2.05, 4.69) is 5.32 Å². The summed E-state index contributed by atoms with van der Waals surface area (Å²) in [4.78, 5) is 12.8. The van der Waals surface area contributed by atoms with E-state index in [1.54, 1.807) is 19.1 Å². The summed E-state index contributed by atoms with van der Waals surface area (Å²) in [7, 11) is -2.14. The number of hydrogen-bond acceptors (Lipinski definition) is 6. The number of halogens is 1. The average molecular weight is 462 g/mol. The van der Waals surface area contributed by atoms with E-state index in [0.717, 1.165) is 6.26 Å². The second kappa shape index (κ2) is 8.19. The molecule has 0 spiro atoms. The minimum absolute atomic E-state index is 0.0615. The molecule has 170 valence electrons. The van der Waals surface area contributed by atoms with Crippen molar-refractivity contribution < 1.29 is 26.8 Å². The topological polar surface area (TPSA) is 115 Å². The van der Waals surface area contributed by atoms with Gasteiger partial charge < -0.3 is 20.2 Å². The summed E-state index contributed by atoms with van der Waals surface area (Å²) in [6, 6.07) is 8.91. The number of carbonyl (C=O) groups is 1. The Bertz CT molecular complexity index is 1290. The van der Waals surface area contributed by atoms with Crippen LogP contribution in [0.25, 0.3) is 22.3 Å². The molecule has 8 nitrogen and oxygen atoms in total. The summed E-state index contributed by atoms with van der Waals surface area (Å²) in [5, 5.41) is 3.10. The predicted octanol–water partition coefficient (Wildman–Crippen LogP) is 2.78. The summed E-state index contributed by atoms with van der Waals surface area (Å²) >= 11 is 0. The zero-order chi connectivity index (χ0) is 23.2. The number of ether oxygens (including phenoxy) is 1. The third kappa shape index (κ3) is 3.85. The van der Waals surface area contributed by atoms with Crippen LogP contribution in [0.4, 0.5) is 10.1 Å². The third-order valence-electron chi connectivity index (χ3n) is 5.53. The van der Waals surface area contributed by atoms with E-state index in [1.807, 2.05) is 0 Å². The van der Waals surface area contributed by atoms with Crippen molar-refractivity contribution in [3.63, 3.8) is 0 Å². The van der Waals surface area contributed by atoms with Crippen LogP contribution in [-0.2, 0) is 14.8 Å². The minimum atomic E-state index is -3.64. The summed E-state index contributed by atoms with van der Waals surface area (Å²) in [6.45, 7) is 2.02. The molecule has 1 aromatic heterocycles. The van der Waals surface area contributed by atoms with Crippen molar-refractivity contribution in [2.24, 2.45) is 5.73 Å². The molecule has 0 fully saturated rings. The molecule has 2 aromatic carbocycles. The van der Waals surface area contributed by atoms with Crippen LogP contribution in [0, 0.1) is 5.82 Å². The highest BCUT2D eigenvalue weighted by Crippen LogP contribution is 2.41. The quantitative estimate of drug-likeness (QED) is 0.618. The number of fused-ring (bicyclic) bond motifs is 2. The van der Waals surface area contributed by atoms with Gasteiger partial charge in [0, 0.05) is 36.2 Å². The number of amides is 1. The molecule has 0 aliphatic carbocycles. The number of anilines is 1. The Hall–Kier alpha value is -2.95. The number of sulfonamides is 1. The summed E-state index contributed by atoms with van der Waals surface area (Å²) in [6.07, 6.45) is 0.148. The van der Waals surface area contributed by atoms with Crippen LogP contribution in [0.2, 0.25) is 0 Å². The third-order valence-corrected chi connectivity index (χ3v) is 6.68. The van der Waals surface area contributed by atoms with Gasteiger partial charge in [0.05, 0.1) is 36.3 Å². The molecule has 2 atom stereocenters. The maximum Gasteiger partial charge on any atom is 0.255 e. The normalized spacial score (nSPS) is 19.0. The van der Waals surface area contributed by atoms with Crippen molar-refractivity contribution in [3.8, 4) is 11.3 Å². The Kier molecular flexibility index (Phi) is 5.70. The first-order valence-electron chi connectivity index (χ1n) is 10.1. The molecule has 0 bridgehead atoms. The molecule has 4 rings (SSSR count). The van der Waals surface area contributed by atoms with Gasteiger partial charge >= 0.3 is 0 Å². The molecule has 0 radical (unpaired) electrons. The van der Waals surface area contributed by atoms with Gasteiger partial charge in [0.1, 0.15) is 17.2 Å². The lowest BCUT2D eigenvalue weighted by molar-refractivity contribution is 0.0119. The number of nitrogens with one attached hydrogen (secondary N) is 1. The molecule has 1 amide bonds. The van der Waals surface area contributed by atoms with Gasteiger partial charge in [-0.3, -0.25) is 9.10 Å². The van der Waals surface area contributed by atoms with Crippen LogP contribution in [-0.4, -0.2) is 46.8 Å². The van der Waals surface area contributed by atoms with E-state index in [9.17, 15) is 17.6 Å².